The number of carbonyl (C=O) groups is 2. The highest BCUT2D eigenvalue weighted by molar-refractivity contribution is 14.1. The summed E-state index contributed by atoms with van der Waals surface area (Å²) in [6.07, 6.45) is 0.169. The van der Waals surface area contributed by atoms with E-state index < -0.39 is 5.25 Å². The lowest BCUT2D eigenvalue weighted by Gasteiger charge is -2.30. The highest BCUT2D eigenvalue weighted by atomic mass is 127. The van der Waals surface area contributed by atoms with E-state index in [9.17, 15) is 9.59 Å². The van der Waals surface area contributed by atoms with Crippen LogP contribution in [0.15, 0.2) is 53.5 Å². The fourth-order valence-electron chi connectivity index (χ4n) is 2.72. The SMILES string of the molecule is CCN1C(=O)C[C@@H](C(=O)Nc2cccc(C)c2)SC1=Nc1ccc(I)cc1. The largest absolute Gasteiger partial charge is 0.325 e. The molecule has 27 heavy (non-hydrogen) atoms. The number of anilines is 1. The third-order valence-corrected chi connectivity index (χ3v) is 5.99. The van der Waals surface area contributed by atoms with Crippen LogP contribution in [-0.4, -0.2) is 33.7 Å². The number of amidine groups is 1. The number of hydrogen-bond donors (Lipinski definition) is 1. The molecule has 5 nitrogen and oxygen atoms in total. The molecule has 0 aliphatic carbocycles. The van der Waals surface area contributed by atoms with E-state index in [-0.39, 0.29) is 18.2 Å². The zero-order valence-electron chi connectivity index (χ0n) is 15.1. The van der Waals surface area contributed by atoms with Crippen LogP contribution in [-0.2, 0) is 9.59 Å². The van der Waals surface area contributed by atoms with Gasteiger partial charge in [0, 0.05) is 22.2 Å². The number of rotatable bonds is 4. The summed E-state index contributed by atoms with van der Waals surface area (Å²) < 4.78 is 1.12. The van der Waals surface area contributed by atoms with E-state index in [1.165, 1.54) is 11.8 Å². The van der Waals surface area contributed by atoms with Gasteiger partial charge in [-0.15, -0.1) is 0 Å². The Kier molecular flexibility index (Phi) is 6.54. The standard InChI is InChI=1S/C20H20IN3O2S/c1-3-24-18(25)12-17(19(26)22-16-6-4-5-13(2)11-16)27-20(24)23-15-9-7-14(21)8-10-15/h4-11,17H,3,12H2,1-2H3,(H,22,26)/t17-/m0/s1. The number of nitrogens with one attached hydrogen (secondary N) is 1. The Balaban J connectivity index is 1.80. The van der Waals surface area contributed by atoms with Crippen LogP contribution in [0.2, 0.25) is 0 Å². The van der Waals surface area contributed by atoms with Crippen molar-refractivity contribution in [1.29, 1.82) is 0 Å². The van der Waals surface area contributed by atoms with Gasteiger partial charge >= 0.3 is 0 Å². The number of aliphatic imine (C=N–C) groups is 1. The van der Waals surface area contributed by atoms with Crippen LogP contribution >= 0.6 is 34.4 Å². The molecule has 0 radical (unpaired) electrons. The fraction of sp³-hybridized carbons (Fsp3) is 0.250. The van der Waals surface area contributed by atoms with Gasteiger partial charge in [-0.3, -0.25) is 14.5 Å². The average molecular weight is 493 g/mol. The fourth-order valence-corrected chi connectivity index (χ4v) is 4.25. The van der Waals surface area contributed by atoms with E-state index in [1.54, 1.807) is 4.90 Å². The topological polar surface area (TPSA) is 61.8 Å². The van der Waals surface area contributed by atoms with Crippen LogP contribution in [0.3, 0.4) is 0 Å². The van der Waals surface area contributed by atoms with E-state index in [2.05, 4.69) is 32.9 Å². The van der Waals surface area contributed by atoms with Gasteiger partial charge in [-0.1, -0.05) is 23.9 Å². The number of hydrogen-bond acceptors (Lipinski definition) is 4. The lowest BCUT2D eigenvalue weighted by molar-refractivity contribution is -0.129. The maximum Gasteiger partial charge on any atom is 0.238 e. The Labute approximate surface area is 176 Å². The predicted molar refractivity (Wildman–Crippen MR) is 119 cm³/mol. The molecule has 7 heteroatoms. The minimum atomic E-state index is -0.497. The number of halogens is 1. The van der Waals surface area contributed by atoms with Gasteiger partial charge in [-0.2, -0.15) is 0 Å². The molecule has 0 unspecified atom stereocenters. The van der Waals surface area contributed by atoms with Crippen molar-refractivity contribution in [2.75, 3.05) is 11.9 Å². The summed E-state index contributed by atoms with van der Waals surface area (Å²) >= 11 is 3.58. The van der Waals surface area contributed by atoms with Crippen molar-refractivity contribution in [2.24, 2.45) is 4.99 Å². The Bertz CT molecular complexity index is 883. The van der Waals surface area contributed by atoms with Crippen molar-refractivity contribution < 1.29 is 9.59 Å². The number of aryl methyl sites for hydroxylation is 1. The van der Waals surface area contributed by atoms with Gasteiger partial charge in [0.1, 0.15) is 5.25 Å². The van der Waals surface area contributed by atoms with Crippen molar-refractivity contribution in [3.05, 3.63) is 57.7 Å². The molecule has 1 aliphatic heterocycles. The van der Waals surface area contributed by atoms with Gasteiger partial charge < -0.3 is 5.32 Å². The normalized spacial score (nSPS) is 18.6. The first-order valence-corrected chi connectivity index (χ1v) is 10.6. The summed E-state index contributed by atoms with van der Waals surface area (Å²) in [5.74, 6) is -0.255. The number of benzene rings is 2. The molecule has 1 heterocycles. The first-order valence-electron chi connectivity index (χ1n) is 8.65. The maximum absolute atomic E-state index is 12.7. The Morgan fingerprint density at radius 2 is 2.04 bits per heavy atom. The van der Waals surface area contributed by atoms with Gasteiger partial charge in [0.05, 0.1) is 5.69 Å². The second-order valence-corrected chi connectivity index (χ2v) is 8.59. The second-order valence-electron chi connectivity index (χ2n) is 6.18. The van der Waals surface area contributed by atoms with Crippen molar-refractivity contribution in [2.45, 2.75) is 25.5 Å². The lowest BCUT2D eigenvalue weighted by Crippen LogP contribution is -2.45. The molecule has 1 fully saturated rings. The summed E-state index contributed by atoms with van der Waals surface area (Å²) in [6, 6.07) is 15.4. The second kappa shape index (κ2) is 8.88. The summed E-state index contributed by atoms with van der Waals surface area (Å²) in [5, 5.41) is 2.98. The van der Waals surface area contributed by atoms with Crippen molar-refractivity contribution in [3.63, 3.8) is 0 Å². The number of thioether (sulfide) groups is 1. The molecule has 0 bridgehead atoms. The summed E-state index contributed by atoms with van der Waals surface area (Å²) in [5.41, 5.74) is 2.57. The summed E-state index contributed by atoms with van der Waals surface area (Å²) in [7, 11) is 0. The van der Waals surface area contributed by atoms with E-state index in [1.807, 2.05) is 62.4 Å². The van der Waals surface area contributed by atoms with Gasteiger partial charge in [0.25, 0.3) is 0 Å². The van der Waals surface area contributed by atoms with Crippen LogP contribution in [0, 0.1) is 10.5 Å². The zero-order chi connectivity index (χ0) is 19.4. The Morgan fingerprint density at radius 3 is 2.70 bits per heavy atom. The molecule has 0 aromatic heterocycles. The predicted octanol–water partition coefficient (Wildman–Crippen LogP) is 4.58. The summed E-state index contributed by atoms with van der Waals surface area (Å²) in [6.45, 7) is 4.41. The highest BCUT2D eigenvalue weighted by Gasteiger charge is 2.35. The molecular weight excluding hydrogens is 473 g/mol. The third-order valence-electron chi connectivity index (χ3n) is 4.09. The average Bonchev–Trinajstić information content (AvgIpc) is 2.63. The van der Waals surface area contributed by atoms with E-state index in [0.29, 0.717) is 11.7 Å². The zero-order valence-corrected chi connectivity index (χ0v) is 18.1. The molecule has 2 aromatic rings. The minimum absolute atomic E-state index is 0.0788. The number of carbonyl (C=O) groups excluding carboxylic acids is 2. The molecule has 0 saturated carbocycles. The van der Waals surface area contributed by atoms with Gasteiger partial charge in [-0.25, -0.2) is 4.99 Å². The molecule has 3 rings (SSSR count). The first kappa shape index (κ1) is 19.9. The third kappa shape index (κ3) is 5.10. The maximum atomic E-state index is 12.7. The Hall–Kier alpha value is -1.87. The molecule has 2 aromatic carbocycles. The quantitative estimate of drug-likeness (QED) is 0.635. The summed E-state index contributed by atoms with van der Waals surface area (Å²) in [4.78, 5) is 31.5. The van der Waals surface area contributed by atoms with Crippen LogP contribution in [0.25, 0.3) is 0 Å². The minimum Gasteiger partial charge on any atom is -0.325 e. The monoisotopic (exact) mass is 493 g/mol. The molecule has 1 atom stereocenters. The van der Waals surface area contributed by atoms with Crippen LogP contribution in [0.5, 0.6) is 0 Å². The van der Waals surface area contributed by atoms with Crippen molar-refractivity contribution in [1.82, 2.24) is 4.90 Å². The molecule has 2 amide bonds. The number of amides is 2. The van der Waals surface area contributed by atoms with Gasteiger partial charge in [0.15, 0.2) is 5.17 Å². The highest BCUT2D eigenvalue weighted by Crippen LogP contribution is 2.30. The first-order chi connectivity index (χ1) is 13.0. The molecule has 1 N–H and O–H groups in total. The smallest absolute Gasteiger partial charge is 0.238 e. The Morgan fingerprint density at radius 1 is 1.30 bits per heavy atom. The van der Waals surface area contributed by atoms with Crippen LogP contribution < -0.4 is 5.32 Å². The van der Waals surface area contributed by atoms with Crippen molar-refractivity contribution in [3.8, 4) is 0 Å². The van der Waals surface area contributed by atoms with Gasteiger partial charge in [0.2, 0.25) is 11.8 Å². The lowest BCUT2D eigenvalue weighted by atomic mass is 10.2. The molecule has 0 spiro atoms. The van der Waals surface area contributed by atoms with Crippen LogP contribution in [0.4, 0.5) is 11.4 Å². The van der Waals surface area contributed by atoms with E-state index >= 15 is 0 Å². The van der Waals surface area contributed by atoms with Crippen LogP contribution in [0.1, 0.15) is 18.9 Å². The van der Waals surface area contributed by atoms with Gasteiger partial charge in [-0.05, 0) is 78.4 Å². The molecule has 1 aliphatic rings. The van der Waals surface area contributed by atoms with E-state index in [4.69, 9.17) is 0 Å². The van der Waals surface area contributed by atoms with E-state index in [0.717, 1.165) is 20.5 Å². The molecule has 140 valence electrons. The van der Waals surface area contributed by atoms with Crippen molar-refractivity contribution >= 4 is 62.7 Å². The molecular formula is C20H20IN3O2S. The number of nitrogens with zero attached hydrogens (tertiary/aromatic N) is 2. The molecule has 1 saturated heterocycles.